The number of hydrogen-bond acceptors (Lipinski definition) is 4. The maximum absolute atomic E-state index is 6.29. The third-order valence-corrected chi connectivity index (χ3v) is 8.96. The van der Waals surface area contributed by atoms with Gasteiger partial charge in [0.05, 0.1) is 16.8 Å². The monoisotopic (exact) mass is 588 g/mol. The Kier molecular flexibility index (Phi) is 7.26. The van der Waals surface area contributed by atoms with Gasteiger partial charge in [-0.3, -0.25) is 0 Å². The van der Waals surface area contributed by atoms with Gasteiger partial charge < -0.3 is 20.9 Å². The number of rotatable bonds is 8. The van der Waals surface area contributed by atoms with Gasteiger partial charge in [0.15, 0.2) is 11.5 Å². The maximum Gasteiger partial charge on any atom is 0.150 e. The van der Waals surface area contributed by atoms with Crippen LogP contribution in [0.1, 0.15) is 47.2 Å². The van der Waals surface area contributed by atoms with Crippen molar-refractivity contribution in [1.82, 2.24) is 0 Å². The lowest BCUT2D eigenvalue weighted by Crippen LogP contribution is -2.28. The van der Waals surface area contributed by atoms with E-state index in [0.29, 0.717) is 22.9 Å². The van der Waals surface area contributed by atoms with E-state index in [-0.39, 0.29) is 0 Å². The molecule has 0 fully saturated rings. The molecule has 7 rings (SSSR count). The van der Waals surface area contributed by atoms with Crippen LogP contribution in [0.4, 0.5) is 11.4 Å². The number of fused-ring (bicyclic) bond motifs is 3. The summed E-state index contributed by atoms with van der Waals surface area (Å²) in [4.78, 5) is 0. The molecule has 0 unspecified atom stereocenters. The molecule has 6 aromatic carbocycles. The molecule has 1 aliphatic rings. The molecule has 1 aliphatic carbocycles. The van der Waals surface area contributed by atoms with E-state index in [1.807, 2.05) is 60.7 Å². The molecule has 0 radical (unpaired) electrons. The van der Waals surface area contributed by atoms with Crippen LogP contribution >= 0.6 is 0 Å². The number of hydrogen-bond donors (Lipinski definition) is 2. The molecule has 4 heteroatoms. The summed E-state index contributed by atoms with van der Waals surface area (Å²) in [5.41, 5.74) is 22.9. The minimum atomic E-state index is -0.535. The van der Waals surface area contributed by atoms with Gasteiger partial charge in [0.2, 0.25) is 0 Å². The third kappa shape index (κ3) is 4.89. The first-order valence-corrected chi connectivity index (χ1v) is 15.5. The summed E-state index contributed by atoms with van der Waals surface area (Å²) in [6.45, 7) is 4.25. The number of nitrogen functional groups attached to an aromatic ring is 2. The zero-order chi connectivity index (χ0) is 31.0. The Bertz CT molecular complexity index is 1850. The van der Waals surface area contributed by atoms with Crippen LogP contribution in [-0.4, -0.2) is 0 Å². The van der Waals surface area contributed by atoms with Gasteiger partial charge in [-0.05, 0) is 106 Å². The summed E-state index contributed by atoms with van der Waals surface area (Å²) in [7, 11) is 0. The van der Waals surface area contributed by atoms with Gasteiger partial charge in [-0.25, -0.2) is 0 Å². The molecule has 0 heterocycles. The minimum absolute atomic E-state index is 0.535. The van der Waals surface area contributed by atoms with E-state index in [2.05, 4.69) is 86.6 Å². The highest BCUT2D eigenvalue weighted by atomic mass is 16.5. The lowest BCUT2D eigenvalue weighted by Gasteiger charge is -2.34. The van der Waals surface area contributed by atoms with Crippen LogP contribution < -0.4 is 20.9 Å². The molecular formula is C41H36N2O2. The summed E-state index contributed by atoms with van der Waals surface area (Å²) in [6, 6.07) is 46.2. The van der Waals surface area contributed by atoms with E-state index in [0.717, 1.165) is 35.5 Å². The van der Waals surface area contributed by atoms with Crippen molar-refractivity contribution in [3.63, 3.8) is 0 Å². The fraction of sp³-hybridized carbons (Fsp3) is 0.122. The predicted molar refractivity (Wildman–Crippen MR) is 184 cm³/mol. The zero-order valence-electron chi connectivity index (χ0n) is 25.6. The molecule has 4 nitrogen and oxygen atoms in total. The van der Waals surface area contributed by atoms with Crippen molar-refractivity contribution in [3.8, 4) is 34.1 Å². The average Bonchev–Trinajstić information content (AvgIpc) is 3.38. The van der Waals surface area contributed by atoms with Crippen molar-refractivity contribution < 1.29 is 9.47 Å². The highest BCUT2D eigenvalue weighted by Gasteiger charge is 2.45. The van der Waals surface area contributed by atoms with Gasteiger partial charge >= 0.3 is 0 Å². The molecule has 6 aromatic rings. The van der Waals surface area contributed by atoms with Crippen molar-refractivity contribution >= 4 is 11.4 Å². The highest BCUT2D eigenvalue weighted by Crippen LogP contribution is 2.56. The molecule has 4 N–H and O–H groups in total. The van der Waals surface area contributed by atoms with Crippen molar-refractivity contribution in [2.75, 3.05) is 11.5 Å². The fourth-order valence-electron chi connectivity index (χ4n) is 6.60. The number of anilines is 2. The molecule has 45 heavy (non-hydrogen) atoms. The van der Waals surface area contributed by atoms with Gasteiger partial charge in [-0.2, -0.15) is 0 Å². The number of aryl methyl sites for hydroxylation is 2. The number of benzene rings is 6. The van der Waals surface area contributed by atoms with Gasteiger partial charge in [-0.15, -0.1) is 0 Å². The Morgan fingerprint density at radius 2 is 0.889 bits per heavy atom. The zero-order valence-corrected chi connectivity index (χ0v) is 25.6. The molecule has 0 aliphatic heterocycles. The molecular weight excluding hydrogens is 552 g/mol. The Labute approximate surface area is 264 Å². The van der Waals surface area contributed by atoms with Crippen LogP contribution in [0.2, 0.25) is 0 Å². The van der Waals surface area contributed by atoms with Crippen LogP contribution in [0.3, 0.4) is 0 Å². The molecule has 0 amide bonds. The number of ether oxygens (including phenoxy) is 2. The van der Waals surface area contributed by atoms with Crippen molar-refractivity contribution in [1.29, 1.82) is 0 Å². The quantitative estimate of drug-likeness (QED) is 0.173. The molecule has 0 bridgehead atoms. The van der Waals surface area contributed by atoms with Gasteiger partial charge in [0.25, 0.3) is 0 Å². The van der Waals surface area contributed by atoms with Gasteiger partial charge in [0.1, 0.15) is 11.5 Å². The van der Waals surface area contributed by atoms with E-state index in [1.165, 1.54) is 33.4 Å². The van der Waals surface area contributed by atoms with Crippen molar-refractivity contribution in [3.05, 3.63) is 167 Å². The molecule has 0 atom stereocenters. The molecule has 222 valence electrons. The van der Waals surface area contributed by atoms with Crippen LogP contribution in [0.15, 0.2) is 133 Å². The second-order valence-corrected chi connectivity index (χ2v) is 11.5. The molecule has 0 aromatic heterocycles. The van der Waals surface area contributed by atoms with E-state index < -0.39 is 5.41 Å². The van der Waals surface area contributed by atoms with E-state index in [4.69, 9.17) is 20.9 Å². The summed E-state index contributed by atoms with van der Waals surface area (Å²) >= 11 is 0. The highest BCUT2D eigenvalue weighted by molar-refractivity contribution is 5.86. The molecule has 0 spiro atoms. The molecule has 0 saturated heterocycles. The topological polar surface area (TPSA) is 70.5 Å². The first-order chi connectivity index (χ1) is 22.0. The Morgan fingerprint density at radius 3 is 1.29 bits per heavy atom. The predicted octanol–water partition coefficient (Wildman–Crippen LogP) is 9.92. The Morgan fingerprint density at radius 1 is 0.489 bits per heavy atom. The van der Waals surface area contributed by atoms with Crippen LogP contribution in [0.25, 0.3) is 11.1 Å². The van der Waals surface area contributed by atoms with Gasteiger partial charge in [0, 0.05) is 0 Å². The third-order valence-electron chi connectivity index (χ3n) is 8.96. The Balaban J connectivity index is 1.33. The maximum atomic E-state index is 6.29. The second-order valence-electron chi connectivity index (χ2n) is 11.5. The Hall–Kier alpha value is -5.48. The molecule has 0 saturated carbocycles. The van der Waals surface area contributed by atoms with Crippen LogP contribution in [-0.2, 0) is 18.3 Å². The first kappa shape index (κ1) is 28.3. The second kappa shape index (κ2) is 11.5. The van der Waals surface area contributed by atoms with E-state index in [9.17, 15) is 0 Å². The van der Waals surface area contributed by atoms with E-state index >= 15 is 0 Å². The summed E-state index contributed by atoms with van der Waals surface area (Å²) in [5.74, 6) is 2.83. The normalized spacial score (nSPS) is 12.8. The van der Waals surface area contributed by atoms with Crippen molar-refractivity contribution in [2.24, 2.45) is 0 Å². The SMILES string of the molecule is CCc1ccc(N)c(Oc2ccc(C3(c4ccc(Oc5cc(CC)ccc5N)cc4)c4ccccc4-c4ccccc43)cc2)c1. The van der Waals surface area contributed by atoms with Crippen LogP contribution in [0.5, 0.6) is 23.0 Å². The van der Waals surface area contributed by atoms with Crippen LogP contribution in [0, 0.1) is 0 Å². The summed E-state index contributed by atoms with van der Waals surface area (Å²) in [6.07, 6.45) is 1.83. The lowest BCUT2D eigenvalue weighted by molar-refractivity contribution is 0.483. The first-order valence-electron chi connectivity index (χ1n) is 15.5. The lowest BCUT2D eigenvalue weighted by atomic mass is 9.68. The smallest absolute Gasteiger partial charge is 0.150 e. The number of nitrogens with two attached hydrogens (primary N) is 2. The standard InChI is InChI=1S/C41H36N2O2/c1-3-27-13-23-37(42)39(25-27)44-31-19-15-29(16-20-31)41(35-11-7-5-9-33(35)34-10-6-8-12-36(34)41)30-17-21-32(22-18-30)45-40-26-28(4-2)14-24-38(40)43/h5-26H,3-4,42-43H2,1-2H3. The van der Waals surface area contributed by atoms with E-state index in [1.54, 1.807) is 0 Å². The fourth-order valence-corrected chi connectivity index (χ4v) is 6.60. The van der Waals surface area contributed by atoms with Gasteiger partial charge in [-0.1, -0.05) is 98.8 Å². The average molecular weight is 589 g/mol. The summed E-state index contributed by atoms with van der Waals surface area (Å²) < 4.78 is 12.6. The largest absolute Gasteiger partial charge is 0.455 e. The van der Waals surface area contributed by atoms with Crippen molar-refractivity contribution in [2.45, 2.75) is 32.1 Å². The summed E-state index contributed by atoms with van der Waals surface area (Å²) in [5, 5.41) is 0. The minimum Gasteiger partial charge on any atom is -0.455 e.